The van der Waals surface area contributed by atoms with Gasteiger partial charge < -0.3 is 15.5 Å². The lowest BCUT2D eigenvalue weighted by Crippen LogP contribution is -2.49. The molecular weight excluding hydrogens is 316 g/mol. The van der Waals surface area contributed by atoms with Gasteiger partial charge in [-0.2, -0.15) is 5.26 Å². The first-order valence-electron chi connectivity index (χ1n) is 8.03. The summed E-state index contributed by atoms with van der Waals surface area (Å²) in [5.74, 6) is -0.539. The van der Waals surface area contributed by atoms with Gasteiger partial charge in [0.1, 0.15) is 0 Å². The Morgan fingerprint density at radius 1 is 1.00 bits per heavy atom. The maximum absolute atomic E-state index is 12.6. The minimum atomic E-state index is -0.456. The Hall–Kier alpha value is -3.33. The Labute approximate surface area is 146 Å². The molecule has 1 aliphatic heterocycles. The molecule has 0 unspecified atom stereocenters. The van der Waals surface area contributed by atoms with Crippen LogP contribution in [0.1, 0.15) is 26.3 Å². The van der Waals surface area contributed by atoms with E-state index in [1.165, 1.54) is 0 Å². The number of carbonyl (C=O) groups is 2. The third-order valence-electron chi connectivity index (χ3n) is 4.32. The predicted molar refractivity (Wildman–Crippen MR) is 94.2 cm³/mol. The zero-order valence-corrected chi connectivity index (χ0v) is 13.7. The minimum absolute atomic E-state index is 0.0834. The zero-order valence-electron chi connectivity index (χ0n) is 13.7. The van der Waals surface area contributed by atoms with E-state index in [1.54, 1.807) is 41.3 Å². The second-order valence-electron chi connectivity index (χ2n) is 5.85. The Morgan fingerprint density at radius 3 is 2.40 bits per heavy atom. The lowest BCUT2D eigenvalue weighted by Gasteiger charge is -2.36. The molecule has 0 spiro atoms. The van der Waals surface area contributed by atoms with E-state index < -0.39 is 5.91 Å². The van der Waals surface area contributed by atoms with Crippen LogP contribution in [0, 0.1) is 11.3 Å². The van der Waals surface area contributed by atoms with E-state index in [9.17, 15) is 9.59 Å². The molecule has 126 valence electrons. The Morgan fingerprint density at radius 2 is 1.72 bits per heavy atom. The molecule has 2 N–H and O–H groups in total. The number of benzene rings is 2. The first-order chi connectivity index (χ1) is 12.1. The van der Waals surface area contributed by atoms with Crippen molar-refractivity contribution in [1.82, 2.24) is 4.90 Å². The topological polar surface area (TPSA) is 90.4 Å². The van der Waals surface area contributed by atoms with Crippen molar-refractivity contribution in [3.8, 4) is 6.07 Å². The number of hydrogen-bond donors (Lipinski definition) is 1. The maximum Gasteiger partial charge on any atom is 0.254 e. The second kappa shape index (κ2) is 7.05. The van der Waals surface area contributed by atoms with E-state index in [-0.39, 0.29) is 5.91 Å². The molecule has 2 aromatic carbocycles. The molecule has 2 amide bonds. The van der Waals surface area contributed by atoms with Gasteiger partial charge in [0.15, 0.2) is 0 Å². The fourth-order valence-corrected chi connectivity index (χ4v) is 3.01. The Kier molecular flexibility index (Phi) is 4.66. The smallest absolute Gasteiger partial charge is 0.254 e. The van der Waals surface area contributed by atoms with Crippen LogP contribution in [0.4, 0.5) is 5.69 Å². The summed E-state index contributed by atoms with van der Waals surface area (Å²) in [7, 11) is 0. The molecule has 0 bridgehead atoms. The van der Waals surface area contributed by atoms with Gasteiger partial charge in [-0.3, -0.25) is 9.59 Å². The van der Waals surface area contributed by atoms with Crippen molar-refractivity contribution in [2.24, 2.45) is 5.73 Å². The quantitative estimate of drug-likeness (QED) is 0.923. The average Bonchev–Trinajstić information content (AvgIpc) is 2.67. The number of primary amides is 1. The van der Waals surface area contributed by atoms with Gasteiger partial charge in [0.25, 0.3) is 11.8 Å². The summed E-state index contributed by atoms with van der Waals surface area (Å²) in [6.45, 7) is 2.33. The van der Waals surface area contributed by atoms with Crippen molar-refractivity contribution in [2.75, 3.05) is 31.1 Å². The van der Waals surface area contributed by atoms with Gasteiger partial charge in [0.05, 0.1) is 17.2 Å². The SMILES string of the molecule is N#Cc1cccc(C(=O)N2CCN(c3ccccc3C(N)=O)CC2)c1. The van der Waals surface area contributed by atoms with Gasteiger partial charge in [0, 0.05) is 37.4 Å². The van der Waals surface area contributed by atoms with Crippen LogP contribution in [0.2, 0.25) is 0 Å². The predicted octanol–water partition coefficient (Wildman–Crippen LogP) is 1.62. The number of piperazine rings is 1. The molecule has 6 heteroatoms. The molecule has 6 nitrogen and oxygen atoms in total. The number of nitrogens with zero attached hydrogens (tertiary/aromatic N) is 3. The van der Waals surface area contributed by atoms with Crippen LogP contribution in [0.3, 0.4) is 0 Å². The van der Waals surface area contributed by atoms with Gasteiger partial charge in [-0.25, -0.2) is 0 Å². The molecular formula is C19H18N4O2. The van der Waals surface area contributed by atoms with Gasteiger partial charge in [0.2, 0.25) is 0 Å². The van der Waals surface area contributed by atoms with Gasteiger partial charge in [-0.1, -0.05) is 18.2 Å². The number of carbonyl (C=O) groups excluding carboxylic acids is 2. The molecule has 0 atom stereocenters. The highest BCUT2D eigenvalue weighted by atomic mass is 16.2. The van der Waals surface area contributed by atoms with Gasteiger partial charge in [-0.05, 0) is 30.3 Å². The summed E-state index contributed by atoms with van der Waals surface area (Å²) in [5, 5.41) is 8.97. The van der Waals surface area contributed by atoms with Crippen LogP contribution in [0.5, 0.6) is 0 Å². The fourth-order valence-electron chi connectivity index (χ4n) is 3.01. The lowest BCUT2D eigenvalue weighted by molar-refractivity contribution is 0.0746. The van der Waals surface area contributed by atoms with E-state index >= 15 is 0 Å². The Bertz CT molecular complexity index is 848. The molecule has 1 aliphatic rings. The number of amides is 2. The molecule has 1 saturated heterocycles. The highest BCUT2D eigenvalue weighted by molar-refractivity contribution is 5.99. The van der Waals surface area contributed by atoms with Crippen molar-refractivity contribution in [2.45, 2.75) is 0 Å². The van der Waals surface area contributed by atoms with Crippen molar-refractivity contribution >= 4 is 17.5 Å². The number of hydrogen-bond acceptors (Lipinski definition) is 4. The third-order valence-corrected chi connectivity index (χ3v) is 4.32. The van der Waals surface area contributed by atoms with Crippen LogP contribution in [-0.4, -0.2) is 42.9 Å². The number of rotatable bonds is 3. The normalized spacial score (nSPS) is 14.0. The number of nitrogens with two attached hydrogens (primary N) is 1. The first kappa shape index (κ1) is 16.5. The maximum atomic E-state index is 12.6. The lowest BCUT2D eigenvalue weighted by atomic mass is 10.1. The highest BCUT2D eigenvalue weighted by Crippen LogP contribution is 2.22. The highest BCUT2D eigenvalue weighted by Gasteiger charge is 2.24. The number of nitriles is 1. The van der Waals surface area contributed by atoms with Gasteiger partial charge >= 0.3 is 0 Å². The van der Waals surface area contributed by atoms with E-state index in [2.05, 4.69) is 4.90 Å². The van der Waals surface area contributed by atoms with Crippen molar-refractivity contribution in [3.05, 3.63) is 65.2 Å². The van der Waals surface area contributed by atoms with Crippen molar-refractivity contribution in [1.29, 1.82) is 5.26 Å². The standard InChI is InChI=1S/C19H18N4O2/c20-13-14-4-3-5-15(12-14)19(25)23-10-8-22(9-11-23)17-7-2-1-6-16(17)18(21)24/h1-7,12H,8-11H2,(H2,21,24). The summed E-state index contributed by atoms with van der Waals surface area (Å²) in [4.78, 5) is 28.0. The molecule has 0 saturated carbocycles. The minimum Gasteiger partial charge on any atom is -0.367 e. The molecule has 3 rings (SSSR count). The third kappa shape index (κ3) is 3.45. The fraction of sp³-hybridized carbons (Fsp3) is 0.211. The summed E-state index contributed by atoms with van der Waals surface area (Å²) in [6, 6.07) is 16.0. The van der Waals surface area contributed by atoms with E-state index in [4.69, 9.17) is 11.0 Å². The Balaban J connectivity index is 1.71. The van der Waals surface area contributed by atoms with Crippen LogP contribution in [-0.2, 0) is 0 Å². The summed E-state index contributed by atoms with van der Waals surface area (Å²) in [5.41, 5.74) is 7.72. The van der Waals surface area contributed by atoms with Crippen LogP contribution < -0.4 is 10.6 Å². The molecule has 0 aromatic heterocycles. The number of anilines is 1. The summed E-state index contributed by atoms with van der Waals surface area (Å²) >= 11 is 0. The van der Waals surface area contributed by atoms with Crippen molar-refractivity contribution < 1.29 is 9.59 Å². The monoisotopic (exact) mass is 334 g/mol. The molecule has 2 aromatic rings. The van der Waals surface area contributed by atoms with E-state index in [0.29, 0.717) is 42.9 Å². The molecule has 1 heterocycles. The molecule has 1 fully saturated rings. The van der Waals surface area contributed by atoms with Crippen molar-refractivity contribution in [3.63, 3.8) is 0 Å². The molecule has 25 heavy (non-hydrogen) atoms. The van der Waals surface area contributed by atoms with E-state index in [1.807, 2.05) is 18.2 Å². The zero-order chi connectivity index (χ0) is 17.8. The largest absolute Gasteiger partial charge is 0.367 e. The molecule has 0 aliphatic carbocycles. The van der Waals surface area contributed by atoms with Crippen LogP contribution >= 0.6 is 0 Å². The second-order valence-corrected chi connectivity index (χ2v) is 5.85. The summed E-state index contributed by atoms with van der Waals surface area (Å²) in [6.07, 6.45) is 0. The first-order valence-corrected chi connectivity index (χ1v) is 8.03. The van der Waals surface area contributed by atoms with Crippen LogP contribution in [0.15, 0.2) is 48.5 Å². The molecule has 0 radical (unpaired) electrons. The van der Waals surface area contributed by atoms with Gasteiger partial charge in [-0.15, -0.1) is 0 Å². The summed E-state index contributed by atoms with van der Waals surface area (Å²) < 4.78 is 0. The number of para-hydroxylation sites is 1. The average molecular weight is 334 g/mol. The van der Waals surface area contributed by atoms with E-state index in [0.717, 1.165) is 5.69 Å². The van der Waals surface area contributed by atoms with Crippen LogP contribution in [0.25, 0.3) is 0 Å².